The Balaban J connectivity index is 2.13. The van der Waals surface area contributed by atoms with Gasteiger partial charge in [-0.15, -0.1) is 0 Å². The average molecular weight is 325 g/mol. The Labute approximate surface area is 137 Å². The molecular formula is C18H15NO5. The number of phenols is 1. The first-order valence-corrected chi connectivity index (χ1v) is 7.22. The number of hydrogen-bond acceptors (Lipinski definition) is 5. The van der Waals surface area contributed by atoms with Crippen molar-refractivity contribution >= 4 is 5.97 Å². The molecule has 0 amide bonds. The molecule has 0 aliphatic heterocycles. The van der Waals surface area contributed by atoms with Crippen LogP contribution in [0.3, 0.4) is 0 Å². The van der Waals surface area contributed by atoms with Crippen LogP contribution in [0, 0.1) is 0 Å². The second-order valence-electron chi connectivity index (χ2n) is 5.18. The van der Waals surface area contributed by atoms with Crippen LogP contribution in [0.15, 0.2) is 53.1 Å². The first-order chi connectivity index (χ1) is 11.6. The summed E-state index contributed by atoms with van der Waals surface area (Å²) in [5.74, 6) is 0.0895. The van der Waals surface area contributed by atoms with E-state index in [1.165, 1.54) is 12.1 Å². The number of carbonyl (C=O) groups is 1. The van der Waals surface area contributed by atoms with E-state index in [0.29, 0.717) is 17.0 Å². The fourth-order valence-corrected chi connectivity index (χ4v) is 2.45. The molecule has 3 aromatic rings. The first-order valence-electron chi connectivity index (χ1n) is 7.22. The van der Waals surface area contributed by atoms with E-state index in [9.17, 15) is 9.90 Å². The van der Waals surface area contributed by atoms with E-state index in [1.807, 2.05) is 12.1 Å². The van der Waals surface area contributed by atoms with Crippen molar-refractivity contribution in [2.24, 2.45) is 0 Å². The zero-order chi connectivity index (χ0) is 17.1. The molecule has 6 heteroatoms. The van der Waals surface area contributed by atoms with Crippen molar-refractivity contribution in [3.05, 3.63) is 54.3 Å². The third-order valence-corrected chi connectivity index (χ3v) is 3.59. The third kappa shape index (κ3) is 3.08. The molecule has 0 aliphatic carbocycles. The molecule has 0 atom stereocenters. The highest BCUT2D eigenvalue weighted by Crippen LogP contribution is 2.36. The number of phenolic OH excluding ortho intramolecular Hbond substituents is 1. The van der Waals surface area contributed by atoms with Gasteiger partial charge in [-0.2, -0.15) is 0 Å². The number of carboxylic acid groups (broad SMARTS) is 1. The maximum Gasteiger partial charge on any atom is 0.311 e. The molecule has 0 aliphatic rings. The molecule has 0 unspecified atom stereocenters. The zero-order valence-electron chi connectivity index (χ0n) is 12.9. The Bertz CT molecular complexity index is 850. The number of carboxylic acids is 1. The van der Waals surface area contributed by atoms with E-state index in [2.05, 4.69) is 5.16 Å². The molecule has 24 heavy (non-hydrogen) atoms. The maximum atomic E-state index is 11.1. The molecule has 6 nitrogen and oxygen atoms in total. The van der Waals surface area contributed by atoms with Crippen LogP contribution in [-0.2, 0) is 11.2 Å². The van der Waals surface area contributed by atoms with Crippen molar-refractivity contribution in [3.63, 3.8) is 0 Å². The Hall–Kier alpha value is -3.28. The number of methoxy groups -OCH3 is 1. The van der Waals surface area contributed by atoms with Crippen molar-refractivity contribution < 1.29 is 24.3 Å². The predicted octanol–water partition coefficient (Wildman–Crippen LogP) is 3.35. The normalized spacial score (nSPS) is 10.5. The molecule has 0 spiro atoms. The summed E-state index contributed by atoms with van der Waals surface area (Å²) in [6, 6.07) is 13.7. The van der Waals surface area contributed by atoms with Crippen LogP contribution in [0.2, 0.25) is 0 Å². The van der Waals surface area contributed by atoms with Gasteiger partial charge < -0.3 is 19.5 Å². The predicted molar refractivity (Wildman–Crippen MR) is 86.9 cm³/mol. The smallest absolute Gasteiger partial charge is 0.311 e. The molecule has 0 bridgehead atoms. The monoisotopic (exact) mass is 325 g/mol. The van der Waals surface area contributed by atoms with Gasteiger partial charge >= 0.3 is 5.97 Å². The fraction of sp³-hybridized carbons (Fsp3) is 0.111. The minimum Gasteiger partial charge on any atom is -0.508 e. The van der Waals surface area contributed by atoms with E-state index >= 15 is 0 Å². The SMILES string of the molecule is COc1ccc(-c2noc(CC(=O)O)c2-c2ccc(O)cc2)cc1. The van der Waals surface area contributed by atoms with Crippen LogP contribution in [0.25, 0.3) is 22.4 Å². The molecule has 0 fully saturated rings. The zero-order valence-corrected chi connectivity index (χ0v) is 12.9. The van der Waals surface area contributed by atoms with Crippen LogP contribution in [0.4, 0.5) is 0 Å². The van der Waals surface area contributed by atoms with Crippen LogP contribution in [0.1, 0.15) is 5.76 Å². The summed E-state index contributed by atoms with van der Waals surface area (Å²) in [4.78, 5) is 11.1. The lowest BCUT2D eigenvalue weighted by atomic mass is 9.98. The minimum atomic E-state index is -1.01. The summed E-state index contributed by atoms with van der Waals surface area (Å²) in [7, 11) is 1.58. The molecule has 2 N–H and O–H groups in total. The fourth-order valence-electron chi connectivity index (χ4n) is 2.45. The number of nitrogens with zero attached hydrogens (tertiary/aromatic N) is 1. The Kier molecular flexibility index (Phi) is 4.20. The van der Waals surface area contributed by atoms with Crippen LogP contribution >= 0.6 is 0 Å². The number of aromatic hydroxyl groups is 1. The number of aromatic nitrogens is 1. The molecule has 0 radical (unpaired) electrons. The Morgan fingerprint density at radius 3 is 2.29 bits per heavy atom. The van der Waals surface area contributed by atoms with Crippen LogP contribution < -0.4 is 4.74 Å². The third-order valence-electron chi connectivity index (χ3n) is 3.59. The number of aliphatic carboxylic acids is 1. The maximum absolute atomic E-state index is 11.1. The Morgan fingerprint density at radius 2 is 1.71 bits per heavy atom. The quantitative estimate of drug-likeness (QED) is 0.747. The first kappa shape index (κ1) is 15.6. The average Bonchev–Trinajstić information content (AvgIpc) is 2.98. The highest BCUT2D eigenvalue weighted by molar-refractivity contribution is 5.84. The van der Waals surface area contributed by atoms with Crippen molar-refractivity contribution in [2.45, 2.75) is 6.42 Å². The Morgan fingerprint density at radius 1 is 1.08 bits per heavy atom. The molecule has 3 rings (SSSR count). The summed E-state index contributed by atoms with van der Waals surface area (Å²) in [5.41, 5.74) is 2.64. The molecule has 0 saturated carbocycles. The van der Waals surface area contributed by atoms with Gasteiger partial charge in [0.2, 0.25) is 0 Å². The van der Waals surface area contributed by atoms with Gasteiger partial charge in [-0.25, -0.2) is 0 Å². The van der Waals surface area contributed by atoms with E-state index < -0.39 is 5.97 Å². The highest BCUT2D eigenvalue weighted by Gasteiger charge is 2.21. The van der Waals surface area contributed by atoms with Gasteiger partial charge in [-0.05, 0) is 42.0 Å². The summed E-state index contributed by atoms with van der Waals surface area (Å²) >= 11 is 0. The van der Waals surface area contributed by atoms with Gasteiger partial charge in [0.25, 0.3) is 0 Å². The lowest BCUT2D eigenvalue weighted by molar-refractivity contribution is -0.136. The van der Waals surface area contributed by atoms with Crippen molar-refractivity contribution in [3.8, 4) is 33.9 Å². The molecule has 1 heterocycles. The van der Waals surface area contributed by atoms with Crippen molar-refractivity contribution in [1.29, 1.82) is 0 Å². The summed E-state index contributed by atoms with van der Waals surface area (Å²) in [6.07, 6.45) is -0.278. The standard InChI is InChI=1S/C18H15NO5/c1-23-14-8-4-12(5-9-14)18-17(11-2-6-13(20)7-3-11)15(24-19-18)10-16(21)22/h2-9,20H,10H2,1H3,(H,21,22). The van der Waals surface area contributed by atoms with E-state index in [0.717, 1.165) is 11.1 Å². The van der Waals surface area contributed by atoms with E-state index in [-0.39, 0.29) is 17.9 Å². The lowest BCUT2D eigenvalue weighted by Gasteiger charge is -2.05. The molecular weight excluding hydrogens is 310 g/mol. The topological polar surface area (TPSA) is 92.8 Å². The van der Waals surface area contributed by atoms with Gasteiger partial charge in [-0.3, -0.25) is 4.79 Å². The molecule has 122 valence electrons. The number of ether oxygens (including phenoxy) is 1. The summed E-state index contributed by atoms with van der Waals surface area (Å²) < 4.78 is 10.4. The highest BCUT2D eigenvalue weighted by atomic mass is 16.5. The number of hydrogen-bond donors (Lipinski definition) is 2. The summed E-state index contributed by atoms with van der Waals surface area (Å²) in [6.45, 7) is 0. The van der Waals surface area contributed by atoms with Crippen LogP contribution in [-0.4, -0.2) is 28.4 Å². The molecule has 1 aromatic heterocycles. The van der Waals surface area contributed by atoms with E-state index in [4.69, 9.17) is 14.4 Å². The van der Waals surface area contributed by atoms with Gasteiger partial charge in [0, 0.05) is 5.56 Å². The minimum absolute atomic E-state index is 0.126. The van der Waals surface area contributed by atoms with E-state index in [1.54, 1.807) is 31.4 Å². The van der Waals surface area contributed by atoms with Gasteiger partial charge in [0.1, 0.15) is 23.6 Å². The van der Waals surface area contributed by atoms with Crippen molar-refractivity contribution in [1.82, 2.24) is 5.16 Å². The summed E-state index contributed by atoms with van der Waals surface area (Å²) in [5, 5.41) is 22.6. The molecule has 2 aromatic carbocycles. The second-order valence-corrected chi connectivity index (χ2v) is 5.18. The van der Waals surface area contributed by atoms with Gasteiger partial charge in [0.15, 0.2) is 5.76 Å². The van der Waals surface area contributed by atoms with Gasteiger partial charge in [-0.1, -0.05) is 17.3 Å². The number of rotatable bonds is 5. The lowest BCUT2D eigenvalue weighted by Crippen LogP contribution is -2.00. The number of benzene rings is 2. The molecule has 0 saturated heterocycles. The van der Waals surface area contributed by atoms with Gasteiger partial charge in [0.05, 0.1) is 12.7 Å². The van der Waals surface area contributed by atoms with Crippen LogP contribution in [0.5, 0.6) is 11.5 Å². The largest absolute Gasteiger partial charge is 0.508 e. The second kappa shape index (κ2) is 6.45. The van der Waals surface area contributed by atoms with Crippen molar-refractivity contribution in [2.75, 3.05) is 7.11 Å².